The van der Waals surface area contributed by atoms with E-state index in [1.165, 1.54) is 12.1 Å². The standard InChI is InChI=1S/C28H39FN8O2/c1-3-12-33-15-20-18-37(17-19-6-8-21(29)9-7-19)25-11-10-22(14-23(20)25)36-26(38)16-35-27(39)24(32-2)5-4-13-34-28(30)31/h6-11,14,18,24,32-33H,3-5,12-13,15-17H2,1-2H3,(H,35,39)(H,36,38)(H4,30,31,34). The molecule has 0 fully saturated rings. The monoisotopic (exact) mass is 538 g/mol. The number of hydrogen-bond acceptors (Lipinski definition) is 5. The number of amides is 2. The third-order valence-electron chi connectivity index (χ3n) is 6.29. The van der Waals surface area contributed by atoms with Crippen LogP contribution in [0.5, 0.6) is 0 Å². The number of carbonyl (C=O) groups is 2. The highest BCUT2D eigenvalue weighted by Crippen LogP contribution is 2.26. The highest BCUT2D eigenvalue weighted by atomic mass is 19.1. The van der Waals surface area contributed by atoms with E-state index >= 15 is 0 Å². The molecule has 210 valence electrons. The summed E-state index contributed by atoms with van der Waals surface area (Å²) < 4.78 is 15.5. The van der Waals surface area contributed by atoms with Crippen molar-refractivity contribution in [2.24, 2.45) is 16.5 Å². The zero-order valence-corrected chi connectivity index (χ0v) is 22.6. The van der Waals surface area contributed by atoms with Crippen molar-refractivity contribution in [1.82, 2.24) is 20.5 Å². The van der Waals surface area contributed by atoms with Crippen LogP contribution < -0.4 is 32.7 Å². The van der Waals surface area contributed by atoms with Crippen LogP contribution in [0.25, 0.3) is 10.9 Å². The number of fused-ring (bicyclic) bond motifs is 1. The van der Waals surface area contributed by atoms with Gasteiger partial charge in [-0.05, 0) is 74.3 Å². The number of nitrogens with one attached hydrogen (secondary N) is 4. The molecule has 2 amide bonds. The Hall–Kier alpha value is -3.96. The Balaban J connectivity index is 1.66. The molecule has 3 rings (SSSR count). The van der Waals surface area contributed by atoms with Crippen LogP contribution in [0.2, 0.25) is 0 Å². The minimum absolute atomic E-state index is 0.0177. The molecule has 0 spiro atoms. The second-order valence-electron chi connectivity index (χ2n) is 9.37. The number of aromatic nitrogens is 1. The molecule has 1 atom stereocenters. The van der Waals surface area contributed by atoms with Gasteiger partial charge in [0.05, 0.1) is 12.6 Å². The maximum atomic E-state index is 13.4. The molecule has 0 bridgehead atoms. The third kappa shape index (κ3) is 9.08. The normalized spacial score (nSPS) is 11.8. The largest absolute Gasteiger partial charge is 0.370 e. The van der Waals surface area contributed by atoms with Crippen molar-refractivity contribution in [3.8, 4) is 0 Å². The van der Waals surface area contributed by atoms with Crippen molar-refractivity contribution in [2.75, 3.05) is 32.0 Å². The molecule has 0 aliphatic rings. The number of nitrogens with two attached hydrogens (primary N) is 2. The molecule has 0 saturated heterocycles. The minimum atomic E-state index is -0.456. The lowest BCUT2D eigenvalue weighted by molar-refractivity contribution is -0.125. The van der Waals surface area contributed by atoms with E-state index in [2.05, 4.69) is 43.9 Å². The molecule has 0 aliphatic carbocycles. The van der Waals surface area contributed by atoms with E-state index in [-0.39, 0.29) is 30.1 Å². The lowest BCUT2D eigenvalue weighted by Gasteiger charge is -2.15. The van der Waals surface area contributed by atoms with Crippen LogP contribution in [0.3, 0.4) is 0 Å². The van der Waals surface area contributed by atoms with Crippen LogP contribution in [0.1, 0.15) is 37.3 Å². The molecule has 0 radical (unpaired) electrons. The number of aliphatic imine (C=N–C) groups is 1. The number of likely N-dealkylation sites (N-methyl/N-ethyl adjacent to an activating group) is 1. The van der Waals surface area contributed by atoms with Crippen LogP contribution in [0, 0.1) is 5.82 Å². The molecule has 1 unspecified atom stereocenters. The van der Waals surface area contributed by atoms with Gasteiger partial charge in [-0.1, -0.05) is 19.1 Å². The third-order valence-corrected chi connectivity index (χ3v) is 6.29. The zero-order chi connectivity index (χ0) is 28.2. The van der Waals surface area contributed by atoms with Gasteiger partial charge in [0.25, 0.3) is 0 Å². The number of nitrogens with zero attached hydrogens (tertiary/aromatic N) is 2. The molecule has 3 aromatic rings. The fourth-order valence-corrected chi connectivity index (χ4v) is 4.31. The number of benzene rings is 2. The van der Waals surface area contributed by atoms with Crippen LogP contribution >= 0.6 is 0 Å². The number of anilines is 1. The fraction of sp³-hybridized carbons (Fsp3) is 0.393. The van der Waals surface area contributed by atoms with Gasteiger partial charge in [0, 0.05) is 42.4 Å². The average molecular weight is 539 g/mol. The van der Waals surface area contributed by atoms with Gasteiger partial charge in [-0.15, -0.1) is 0 Å². The van der Waals surface area contributed by atoms with Gasteiger partial charge in [0.1, 0.15) is 5.82 Å². The Morgan fingerprint density at radius 2 is 1.90 bits per heavy atom. The fourth-order valence-electron chi connectivity index (χ4n) is 4.31. The summed E-state index contributed by atoms with van der Waals surface area (Å²) in [5.41, 5.74) is 14.4. The summed E-state index contributed by atoms with van der Waals surface area (Å²) in [6.07, 6.45) is 4.26. The van der Waals surface area contributed by atoms with E-state index in [1.54, 1.807) is 19.2 Å². The number of rotatable bonds is 15. The molecule has 2 aromatic carbocycles. The van der Waals surface area contributed by atoms with E-state index in [0.717, 1.165) is 35.0 Å². The maximum Gasteiger partial charge on any atom is 0.243 e. The van der Waals surface area contributed by atoms with Crippen molar-refractivity contribution < 1.29 is 14.0 Å². The number of guanidine groups is 1. The van der Waals surface area contributed by atoms with Gasteiger partial charge in [0.2, 0.25) is 11.8 Å². The van der Waals surface area contributed by atoms with Gasteiger partial charge in [-0.3, -0.25) is 14.6 Å². The summed E-state index contributed by atoms with van der Waals surface area (Å²) >= 11 is 0. The molecule has 39 heavy (non-hydrogen) atoms. The number of carbonyl (C=O) groups excluding carboxylic acids is 2. The summed E-state index contributed by atoms with van der Waals surface area (Å²) in [5, 5.41) is 13.0. The summed E-state index contributed by atoms with van der Waals surface area (Å²) in [6, 6.07) is 11.8. The Morgan fingerprint density at radius 1 is 1.13 bits per heavy atom. The van der Waals surface area contributed by atoms with E-state index in [4.69, 9.17) is 11.5 Å². The minimum Gasteiger partial charge on any atom is -0.370 e. The molecule has 0 aliphatic heterocycles. The van der Waals surface area contributed by atoms with E-state index < -0.39 is 6.04 Å². The molecule has 8 N–H and O–H groups in total. The Kier molecular flexibility index (Phi) is 11.3. The first-order valence-corrected chi connectivity index (χ1v) is 13.2. The van der Waals surface area contributed by atoms with Crippen molar-refractivity contribution in [2.45, 2.75) is 45.3 Å². The van der Waals surface area contributed by atoms with Crippen LogP contribution in [-0.2, 0) is 22.7 Å². The highest BCUT2D eigenvalue weighted by Gasteiger charge is 2.17. The SMILES string of the molecule is CCCNCc1cn(Cc2ccc(F)cc2)c2ccc(NC(=O)CNC(=O)C(CCCN=C(N)N)NC)cc12. The van der Waals surface area contributed by atoms with Gasteiger partial charge in [-0.2, -0.15) is 0 Å². The predicted octanol–water partition coefficient (Wildman–Crippen LogP) is 2.02. The first-order chi connectivity index (χ1) is 18.8. The number of halogens is 1. The van der Waals surface area contributed by atoms with Gasteiger partial charge in [-0.25, -0.2) is 4.39 Å². The molecular weight excluding hydrogens is 499 g/mol. The highest BCUT2D eigenvalue weighted by molar-refractivity contribution is 5.97. The van der Waals surface area contributed by atoms with Gasteiger partial charge in [0.15, 0.2) is 5.96 Å². The molecule has 0 saturated carbocycles. The summed E-state index contributed by atoms with van der Waals surface area (Å²) in [7, 11) is 1.69. The van der Waals surface area contributed by atoms with Crippen molar-refractivity contribution >= 4 is 34.4 Å². The van der Waals surface area contributed by atoms with E-state index in [0.29, 0.717) is 38.2 Å². The van der Waals surface area contributed by atoms with Crippen LogP contribution in [-0.4, -0.2) is 55.1 Å². The summed E-state index contributed by atoms with van der Waals surface area (Å²) in [6.45, 7) is 4.56. The van der Waals surface area contributed by atoms with Gasteiger partial charge >= 0.3 is 0 Å². The second kappa shape index (κ2) is 14.8. The maximum absolute atomic E-state index is 13.4. The molecule has 1 aromatic heterocycles. The number of hydrogen-bond donors (Lipinski definition) is 6. The smallest absolute Gasteiger partial charge is 0.243 e. The Bertz CT molecular complexity index is 1270. The first-order valence-electron chi connectivity index (χ1n) is 13.2. The quantitative estimate of drug-likeness (QED) is 0.0990. The molecule has 1 heterocycles. The predicted molar refractivity (Wildman–Crippen MR) is 154 cm³/mol. The van der Waals surface area contributed by atoms with Crippen molar-refractivity contribution in [3.63, 3.8) is 0 Å². The van der Waals surface area contributed by atoms with Crippen LogP contribution in [0.4, 0.5) is 10.1 Å². The lowest BCUT2D eigenvalue weighted by atomic mass is 10.1. The van der Waals surface area contributed by atoms with Gasteiger partial charge < -0.3 is 37.3 Å². The molecule has 11 heteroatoms. The van der Waals surface area contributed by atoms with E-state index in [9.17, 15) is 14.0 Å². The van der Waals surface area contributed by atoms with Crippen molar-refractivity contribution in [1.29, 1.82) is 0 Å². The topological polar surface area (TPSA) is 152 Å². The Morgan fingerprint density at radius 3 is 2.59 bits per heavy atom. The zero-order valence-electron chi connectivity index (χ0n) is 22.6. The molecule has 10 nitrogen and oxygen atoms in total. The summed E-state index contributed by atoms with van der Waals surface area (Å²) in [4.78, 5) is 29.0. The van der Waals surface area contributed by atoms with E-state index in [1.807, 2.05) is 18.2 Å². The van der Waals surface area contributed by atoms with Crippen molar-refractivity contribution in [3.05, 3.63) is 65.6 Å². The average Bonchev–Trinajstić information content (AvgIpc) is 3.25. The Labute approximate surface area is 228 Å². The first kappa shape index (κ1) is 29.6. The van der Waals surface area contributed by atoms with Crippen LogP contribution in [0.15, 0.2) is 53.7 Å². The summed E-state index contributed by atoms with van der Waals surface area (Å²) in [5.74, 6) is -0.838. The second-order valence-corrected chi connectivity index (χ2v) is 9.37. The molecular formula is C28H39FN8O2. The lowest BCUT2D eigenvalue weighted by Crippen LogP contribution is -2.45.